The number of carbonyl (C=O) groups is 1. The molecule has 20 heavy (non-hydrogen) atoms. The average Bonchev–Trinajstić information content (AvgIpc) is 2.35. The van der Waals surface area contributed by atoms with Gasteiger partial charge in [0.15, 0.2) is 0 Å². The van der Waals surface area contributed by atoms with Crippen LogP contribution in [0.5, 0.6) is 0 Å². The van der Waals surface area contributed by atoms with E-state index in [0.29, 0.717) is 30.2 Å². The van der Waals surface area contributed by atoms with Crippen LogP contribution in [0.15, 0.2) is 0 Å². The summed E-state index contributed by atoms with van der Waals surface area (Å²) in [4.78, 5) is 14.3. The maximum atomic E-state index is 12.3. The summed E-state index contributed by atoms with van der Waals surface area (Å²) in [5.41, 5.74) is 0. The van der Waals surface area contributed by atoms with E-state index in [2.05, 4.69) is 33.0 Å². The van der Waals surface area contributed by atoms with Crippen LogP contribution in [0, 0.1) is 17.8 Å². The summed E-state index contributed by atoms with van der Waals surface area (Å²) in [7, 11) is 0. The second-order valence-corrected chi connectivity index (χ2v) is 7.01. The van der Waals surface area contributed by atoms with Crippen LogP contribution in [0.25, 0.3) is 0 Å². The van der Waals surface area contributed by atoms with Crippen molar-refractivity contribution in [2.24, 2.45) is 17.8 Å². The summed E-state index contributed by atoms with van der Waals surface area (Å²) >= 11 is 0. The molecule has 0 aromatic heterocycles. The van der Waals surface area contributed by atoms with Gasteiger partial charge in [-0.2, -0.15) is 0 Å². The Kier molecular flexibility index (Phi) is 7.52. The zero-order valence-corrected chi connectivity index (χ0v) is 13.6. The number of aliphatic hydroxyl groups excluding tert-OH is 1. The zero-order chi connectivity index (χ0) is 15.1. The van der Waals surface area contributed by atoms with Crippen LogP contribution in [-0.4, -0.2) is 48.2 Å². The lowest BCUT2D eigenvalue weighted by molar-refractivity contribution is -0.134. The quantitative estimate of drug-likeness (QED) is 0.750. The number of amides is 1. The van der Waals surface area contributed by atoms with Crippen LogP contribution in [0.1, 0.15) is 47.0 Å². The lowest BCUT2D eigenvalue weighted by Gasteiger charge is -2.39. The van der Waals surface area contributed by atoms with Crippen LogP contribution < -0.4 is 5.32 Å². The van der Waals surface area contributed by atoms with Gasteiger partial charge < -0.3 is 15.3 Å². The Morgan fingerprint density at radius 3 is 2.50 bits per heavy atom. The van der Waals surface area contributed by atoms with Gasteiger partial charge in [0.1, 0.15) is 0 Å². The third-order valence-electron chi connectivity index (χ3n) is 3.82. The molecule has 4 nitrogen and oxygen atoms in total. The third kappa shape index (κ3) is 6.23. The smallest absolute Gasteiger partial charge is 0.222 e. The van der Waals surface area contributed by atoms with Gasteiger partial charge in [0.25, 0.3) is 0 Å². The molecule has 4 heteroatoms. The van der Waals surface area contributed by atoms with E-state index in [4.69, 9.17) is 5.11 Å². The largest absolute Gasteiger partial charge is 0.396 e. The first-order chi connectivity index (χ1) is 9.42. The van der Waals surface area contributed by atoms with E-state index in [1.54, 1.807) is 0 Å². The minimum atomic E-state index is 0.216. The van der Waals surface area contributed by atoms with E-state index in [0.717, 1.165) is 32.5 Å². The normalized spacial score (nSPS) is 23.6. The highest BCUT2D eigenvalue weighted by molar-refractivity contribution is 5.76. The van der Waals surface area contributed by atoms with Crippen molar-refractivity contribution in [2.75, 3.05) is 26.2 Å². The molecule has 2 N–H and O–H groups in total. The first kappa shape index (κ1) is 17.4. The first-order valence-corrected chi connectivity index (χ1v) is 8.04. The van der Waals surface area contributed by atoms with Gasteiger partial charge >= 0.3 is 0 Å². The van der Waals surface area contributed by atoms with Crippen molar-refractivity contribution in [1.82, 2.24) is 10.2 Å². The molecule has 0 aromatic carbocycles. The Morgan fingerprint density at radius 2 is 1.95 bits per heavy atom. The molecule has 1 saturated heterocycles. The standard InChI is InChI=1S/C16H32N2O2/c1-12(2)7-16(20)18-10-14(5-6-19)8-15(11-18)17-9-13(3)4/h12-15,17,19H,5-11H2,1-4H3. The monoisotopic (exact) mass is 284 g/mol. The highest BCUT2D eigenvalue weighted by Crippen LogP contribution is 2.21. The molecule has 0 aromatic rings. The van der Waals surface area contributed by atoms with Crippen LogP contribution in [0.2, 0.25) is 0 Å². The number of carbonyl (C=O) groups excluding carboxylic acids is 1. The molecule has 0 radical (unpaired) electrons. The fourth-order valence-corrected chi connectivity index (χ4v) is 2.83. The second kappa shape index (κ2) is 8.63. The lowest BCUT2D eigenvalue weighted by Crippen LogP contribution is -2.52. The van der Waals surface area contributed by atoms with Crippen molar-refractivity contribution in [1.29, 1.82) is 0 Å². The number of hydrogen-bond acceptors (Lipinski definition) is 3. The predicted molar refractivity (Wildman–Crippen MR) is 82.5 cm³/mol. The zero-order valence-electron chi connectivity index (χ0n) is 13.6. The molecule has 0 bridgehead atoms. The molecule has 1 heterocycles. The van der Waals surface area contributed by atoms with Crippen molar-refractivity contribution in [2.45, 2.75) is 53.0 Å². The van der Waals surface area contributed by atoms with Gasteiger partial charge in [-0.05, 0) is 37.1 Å². The predicted octanol–water partition coefficient (Wildman–Crippen LogP) is 1.88. The Bertz CT molecular complexity index is 292. The van der Waals surface area contributed by atoms with E-state index >= 15 is 0 Å². The molecule has 1 fully saturated rings. The summed E-state index contributed by atoms with van der Waals surface area (Å²) < 4.78 is 0. The van der Waals surface area contributed by atoms with Crippen molar-refractivity contribution in [3.8, 4) is 0 Å². The minimum absolute atomic E-state index is 0.216. The van der Waals surface area contributed by atoms with Gasteiger partial charge in [-0.25, -0.2) is 0 Å². The summed E-state index contributed by atoms with van der Waals surface area (Å²) in [6.07, 6.45) is 2.49. The Labute approximate surface area is 123 Å². The molecule has 2 unspecified atom stereocenters. The van der Waals surface area contributed by atoms with Crippen molar-refractivity contribution in [3.63, 3.8) is 0 Å². The highest BCUT2D eigenvalue weighted by Gasteiger charge is 2.29. The number of nitrogens with one attached hydrogen (secondary N) is 1. The number of rotatable bonds is 7. The van der Waals surface area contributed by atoms with Crippen LogP contribution in [-0.2, 0) is 4.79 Å². The van der Waals surface area contributed by atoms with Gasteiger partial charge in [0.05, 0.1) is 0 Å². The van der Waals surface area contributed by atoms with Gasteiger partial charge in [0, 0.05) is 32.2 Å². The number of aliphatic hydroxyl groups is 1. The Hall–Kier alpha value is -0.610. The van der Waals surface area contributed by atoms with Crippen LogP contribution in [0.3, 0.4) is 0 Å². The molecule has 1 aliphatic heterocycles. The van der Waals surface area contributed by atoms with Gasteiger partial charge in [0.2, 0.25) is 5.91 Å². The highest BCUT2D eigenvalue weighted by atomic mass is 16.3. The molecule has 0 spiro atoms. The van der Waals surface area contributed by atoms with E-state index in [-0.39, 0.29) is 12.5 Å². The van der Waals surface area contributed by atoms with Crippen molar-refractivity contribution >= 4 is 5.91 Å². The minimum Gasteiger partial charge on any atom is -0.396 e. The molecule has 118 valence electrons. The Morgan fingerprint density at radius 1 is 1.25 bits per heavy atom. The molecule has 0 aliphatic carbocycles. The molecule has 0 saturated carbocycles. The molecular weight excluding hydrogens is 252 g/mol. The Balaban J connectivity index is 2.57. The third-order valence-corrected chi connectivity index (χ3v) is 3.82. The van der Waals surface area contributed by atoms with Crippen LogP contribution in [0.4, 0.5) is 0 Å². The van der Waals surface area contributed by atoms with Crippen molar-refractivity contribution in [3.05, 3.63) is 0 Å². The number of hydrogen-bond donors (Lipinski definition) is 2. The molecular formula is C16H32N2O2. The van der Waals surface area contributed by atoms with E-state index in [1.807, 2.05) is 4.90 Å². The van der Waals surface area contributed by atoms with Gasteiger partial charge in [-0.1, -0.05) is 27.7 Å². The molecule has 1 aliphatic rings. The van der Waals surface area contributed by atoms with E-state index < -0.39 is 0 Å². The molecule has 1 amide bonds. The SMILES string of the molecule is CC(C)CNC1CC(CCO)CN(C(=O)CC(C)C)C1. The van der Waals surface area contributed by atoms with Crippen LogP contribution >= 0.6 is 0 Å². The molecule has 2 atom stereocenters. The van der Waals surface area contributed by atoms with Crippen molar-refractivity contribution < 1.29 is 9.90 Å². The summed E-state index contributed by atoms with van der Waals surface area (Å²) in [6.45, 7) is 11.4. The topological polar surface area (TPSA) is 52.6 Å². The maximum Gasteiger partial charge on any atom is 0.222 e. The summed E-state index contributed by atoms with van der Waals surface area (Å²) in [5, 5.41) is 12.7. The second-order valence-electron chi connectivity index (χ2n) is 7.01. The first-order valence-electron chi connectivity index (χ1n) is 8.04. The fraction of sp³-hybridized carbons (Fsp3) is 0.938. The van der Waals surface area contributed by atoms with E-state index in [1.165, 1.54) is 0 Å². The average molecular weight is 284 g/mol. The molecule has 1 rings (SSSR count). The summed E-state index contributed by atoms with van der Waals surface area (Å²) in [6, 6.07) is 0.374. The fourth-order valence-electron chi connectivity index (χ4n) is 2.83. The number of likely N-dealkylation sites (tertiary alicyclic amines) is 1. The summed E-state index contributed by atoms with van der Waals surface area (Å²) in [5.74, 6) is 1.71. The number of nitrogens with zero attached hydrogens (tertiary/aromatic N) is 1. The van der Waals surface area contributed by atoms with Gasteiger partial charge in [-0.15, -0.1) is 0 Å². The van der Waals surface area contributed by atoms with E-state index in [9.17, 15) is 4.79 Å². The van der Waals surface area contributed by atoms with Gasteiger partial charge in [-0.3, -0.25) is 4.79 Å². The lowest BCUT2D eigenvalue weighted by atomic mass is 9.91. The maximum absolute atomic E-state index is 12.3. The number of piperidine rings is 1.